The van der Waals surface area contributed by atoms with Crippen LogP contribution in [0.3, 0.4) is 0 Å². The van der Waals surface area contributed by atoms with Crippen LogP contribution < -0.4 is 9.47 Å². The maximum Gasteiger partial charge on any atom is 0.161 e. The molecule has 0 saturated heterocycles. The van der Waals surface area contributed by atoms with Crippen LogP contribution in [0.15, 0.2) is 42.7 Å². The minimum atomic E-state index is -0.508. The number of benzene rings is 1. The highest BCUT2D eigenvalue weighted by molar-refractivity contribution is 5.44. The number of rotatable bonds is 4. The predicted molar refractivity (Wildman–Crippen MR) is 74.9 cm³/mol. The summed E-state index contributed by atoms with van der Waals surface area (Å²) in [7, 11) is 0. The number of hydrogen-bond donors (Lipinski definition) is 1. The number of pyridine rings is 1. The molecule has 0 saturated carbocycles. The fourth-order valence-corrected chi connectivity index (χ4v) is 2.28. The third-order valence-electron chi connectivity index (χ3n) is 3.38. The van der Waals surface area contributed by atoms with E-state index in [1.54, 1.807) is 6.20 Å². The van der Waals surface area contributed by atoms with E-state index in [0.29, 0.717) is 25.4 Å². The van der Waals surface area contributed by atoms with Crippen molar-refractivity contribution in [2.45, 2.75) is 18.9 Å². The Balaban J connectivity index is 1.66. The zero-order chi connectivity index (χ0) is 13.8. The Kier molecular flexibility index (Phi) is 3.83. The average molecular weight is 271 g/mol. The molecule has 2 aromatic rings. The molecule has 1 aliphatic heterocycles. The highest BCUT2D eigenvalue weighted by atomic mass is 16.6. The Morgan fingerprint density at radius 3 is 2.80 bits per heavy atom. The second kappa shape index (κ2) is 5.92. The van der Waals surface area contributed by atoms with Gasteiger partial charge in [0.2, 0.25) is 0 Å². The molecule has 1 N–H and O–H groups in total. The number of aryl methyl sites for hydroxylation is 1. The van der Waals surface area contributed by atoms with Crippen LogP contribution in [0.4, 0.5) is 0 Å². The number of nitrogens with zero attached hydrogens (tertiary/aromatic N) is 1. The van der Waals surface area contributed by atoms with Gasteiger partial charge in [-0.2, -0.15) is 0 Å². The molecule has 104 valence electrons. The van der Waals surface area contributed by atoms with Gasteiger partial charge in [-0.1, -0.05) is 12.1 Å². The first-order valence-electron chi connectivity index (χ1n) is 6.79. The van der Waals surface area contributed by atoms with Gasteiger partial charge < -0.3 is 14.6 Å². The molecule has 1 aromatic carbocycles. The molecule has 3 rings (SSSR count). The van der Waals surface area contributed by atoms with E-state index in [4.69, 9.17) is 9.47 Å². The van der Waals surface area contributed by atoms with E-state index in [0.717, 1.165) is 23.3 Å². The molecule has 0 amide bonds. The van der Waals surface area contributed by atoms with Crippen LogP contribution in [0.5, 0.6) is 11.5 Å². The van der Waals surface area contributed by atoms with Crippen molar-refractivity contribution in [3.63, 3.8) is 0 Å². The first-order chi connectivity index (χ1) is 9.83. The standard InChI is InChI=1S/C16H17NO3/c18-14(5-3-12-2-1-7-17-11-12)13-4-6-15-16(10-13)20-9-8-19-15/h1-2,4,6-7,10-11,14,18H,3,5,8-9H2. The molecule has 0 radical (unpaired) electrons. The van der Waals surface area contributed by atoms with Gasteiger partial charge in [-0.05, 0) is 42.2 Å². The predicted octanol–water partition coefficient (Wildman–Crippen LogP) is 2.52. The van der Waals surface area contributed by atoms with Crippen molar-refractivity contribution in [3.8, 4) is 11.5 Å². The lowest BCUT2D eigenvalue weighted by Gasteiger charge is -2.20. The smallest absolute Gasteiger partial charge is 0.161 e. The van der Waals surface area contributed by atoms with Crippen LogP contribution in [0.2, 0.25) is 0 Å². The second-order valence-corrected chi connectivity index (χ2v) is 4.82. The van der Waals surface area contributed by atoms with Gasteiger partial charge in [0.1, 0.15) is 13.2 Å². The summed E-state index contributed by atoms with van der Waals surface area (Å²) in [5.41, 5.74) is 1.99. The topological polar surface area (TPSA) is 51.6 Å². The average Bonchev–Trinajstić information content (AvgIpc) is 2.53. The summed E-state index contributed by atoms with van der Waals surface area (Å²) in [4.78, 5) is 4.07. The van der Waals surface area contributed by atoms with Crippen molar-refractivity contribution in [2.24, 2.45) is 0 Å². The van der Waals surface area contributed by atoms with Gasteiger partial charge in [0.25, 0.3) is 0 Å². The van der Waals surface area contributed by atoms with Crippen molar-refractivity contribution in [1.29, 1.82) is 0 Å². The number of hydrogen-bond acceptors (Lipinski definition) is 4. The van der Waals surface area contributed by atoms with Crippen LogP contribution >= 0.6 is 0 Å². The molecule has 4 nitrogen and oxygen atoms in total. The van der Waals surface area contributed by atoms with Gasteiger partial charge in [-0.15, -0.1) is 0 Å². The number of aliphatic hydroxyl groups excluding tert-OH is 1. The van der Waals surface area contributed by atoms with E-state index < -0.39 is 6.10 Å². The Hall–Kier alpha value is -2.07. The molecule has 0 bridgehead atoms. The summed E-state index contributed by atoms with van der Waals surface area (Å²) < 4.78 is 11.0. The quantitative estimate of drug-likeness (QED) is 0.928. The minimum Gasteiger partial charge on any atom is -0.486 e. The molecular formula is C16H17NO3. The van der Waals surface area contributed by atoms with E-state index in [2.05, 4.69) is 4.98 Å². The largest absolute Gasteiger partial charge is 0.486 e. The van der Waals surface area contributed by atoms with Crippen LogP contribution in [0.1, 0.15) is 23.7 Å². The maximum atomic E-state index is 10.3. The first-order valence-corrected chi connectivity index (χ1v) is 6.79. The van der Waals surface area contributed by atoms with Gasteiger partial charge >= 0.3 is 0 Å². The molecule has 0 fully saturated rings. The molecule has 2 heterocycles. The van der Waals surface area contributed by atoms with Crippen molar-refractivity contribution in [1.82, 2.24) is 4.98 Å². The van der Waals surface area contributed by atoms with E-state index in [9.17, 15) is 5.11 Å². The first kappa shape index (κ1) is 12.9. The van der Waals surface area contributed by atoms with Crippen LogP contribution in [0, 0.1) is 0 Å². The lowest BCUT2D eigenvalue weighted by atomic mass is 10.0. The van der Waals surface area contributed by atoms with Gasteiger partial charge in [-0.25, -0.2) is 0 Å². The summed E-state index contributed by atoms with van der Waals surface area (Å²) in [5.74, 6) is 1.47. The summed E-state index contributed by atoms with van der Waals surface area (Å²) in [6, 6.07) is 9.54. The van der Waals surface area contributed by atoms with Gasteiger partial charge in [0.15, 0.2) is 11.5 Å². The highest BCUT2D eigenvalue weighted by Crippen LogP contribution is 2.33. The minimum absolute atomic E-state index is 0.508. The summed E-state index contributed by atoms with van der Waals surface area (Å²) in [5, 5.41) is 10.3. The lowest BCUT2D eigenvalue weighted by Crippen LogP contribution is -2.15. The molecule has 1 aliphatic rings. The summed E-state index contributed by atoms with van der Waals surface area (Å²) >= 11 is 0. The Morgan fingerprint density at radius 1 is 1.15 bits per heavy atom. The van der Waals surface area contributed by atoms with Gasteiger partial charge in [0, 0.05) is 12.4 Å². The normalized spacial score (nSPS) is 14.8. The summed E-state index contributed by atoms with van der Waals surface area (Å²) in [6.45, 7) is 1.14. The Labute approximate surface area is 118 Å². The molecule has 1 unspecified atom stereocenters. The molecule has 0 aliphatic carbocycles. The van der Waals surface area contributed by atoms with Crippen LogP contribution in [-0.4, -0.2) is 23.3 Å². The van der Waals surface area contributed by atoms with Crippen molar-refractivity contribution in [2.75, 3.05) is 13.2 Å². The van der Waals surface area contributed by atoms with E-state index >= 15 is 0 Å². The number of aliphatic hydroxyl groups is 1. The number of ether oxygens (including phenoxy) is 2. The maximum absolute atomic E-state index is 10.3. The fraction of sp³-hybridized carbons (Fsp3) is 0.312. The fourth-order valence-electron chi connectivity index (χ4n) is 2.28. The molecule has 1 atom stereocenters. The van der Waals surface area contributed by atoms with Gasteiger partial charge in [-0.3, -0.25) is 4.98 Å². The summed E-state index contributed by atoms with van der Waals surface area (Å²) in [6.07, 6.45) is 4.53. The zero-order valence-corrected chi connectivity index (χ0v) is 11.2. The van der Waals surface area contributed by atoms with E-state index in [1.807, 2.05) is 36.5 Å². The number of aromatic nitrogens is 1. The van der Waals surface area contributed by atoms with Crippen molar-refractivity contribution in [3.05, 3.63) is 53.9 Å². The zero-order valence-electron chi connectivity index (χ0n) is 11.2. The monoisotopic (exact) mass is 271 g/mol. The molecule has 1 aromatic heterocycles. The molecule has 4 heteroatoms. The molecule has 20 heavy (non-hydrogen) atoms. The van der Waals surface area contributed by atoms with Crippen LogP contribution in [-0.2, 0) is 6.42 Å². The van der Waals surface area contributed by atoms with Crippen molar-refractivity contribution < 1.29 is 14.6 Å². The lowest BCUT2D eigenvalue weighted by molar-refractivity contribution is 0.159. The second-order valence-electron chi connectivity index (χ2n) is 4.82. The molecule has 0 spiro atoms. The van der Waals surface area contributed by atoms with Crippen LogP contribution in [0.25, 0.3) is 0 Å². The van der Waals surface area contributed by atoms with Gasteiger partial charge in [0.05, 0.1) is 6.10 Å². The SMILES string of the molecule is OC(CCc1cccnc1)c1ccc2c(c1)OCCO2. The number of fused-ring (bicyclic) bond motifs is 1. The van der Waals surface area contributed by atoms with Crippen molar-refractivity contribution >= 4 is 0 Å². The third-order valence-corrected chi connectivity index (χ3v) is 3.38. The Morgan fingerprint density at radius 2 is 2.00 bits per heavy atom. The van der Waals surface area contributed by atoms with E-state index in [-0.39, 0.29) is 0 Å². The van der Waals surface area contributed by atoms with E-state index in [1.165, 1.54) is 0 Å². The third kappa shape index (κ3) is 2.91. The Bertz CT molecular complexity index is 571. The highest BCUT2D eigenvalue weighted by Gasteiger charge is 2.15. The molecular weight excluding hydrogens is 254 g/mol.